The molecule has 212 valence electrons. The van der Waals surface area contributed by atoms with Crippen LogP contribution in [0.3, 0.4) is 0 Å². The van der Waals surface area contributed by atoms with E-state index in [-0.39, 0.29) is 22.9 Å². The van der Waals surface area contributed by atoms with E-state index in [0.717, 1.165) is 55.7 Å². The second kappa shape index (κ2) is 10.7. The molecule has 3 aromatic rings. The highest BCUT2D eigenvalue weighted by atomic mass is 16.2. The van der Waals surface area contributed by atoms with Gasteiger partial charge in [0.2, 0.25) is 11.8 Å². The Morgan fingerprint density at radius 2 is 1.88 bits per heavy atom. The van der Waals surface area contributed by atoms with E-state index in [0.29, 0.717) is 44.2 Å². The maximum atomic E-state index is 13.4. The molecule has 3 fully saturated rings. The number of hydrogen-bond donors (Lipinski definition) is 2. The van der Waals surface area contributed by atoms with E-state index in [2.05, 4.69) is 38.9 Å². The van der Waals surface area contributed by atoms with Crippen LogP contribution in [0.1, 0.15) is 46.0 Å². The fraction of sp³-hybridized carbons (Fsp3) is 0.533. The number of aromatic amines is 1. The van der Waals surface area contributed by atoms with Crippen LogP contribution in [0.5, 0.6) is 0 Å². The Morgan fingerprint density at radius 3 is 2.58 bits per heavy atom. The predicted molar refractivity (Wildman–Crippen MR) is 155 cm³/mol. The number of fused-ring (bicyclic) bond motifs is 1. The fourth-order valence-electron chi connectivity index (χ4n) is 6.31. The highest BCUT2D eigenvalue weighted by molar-refractivity contribution is 5.97. The predicted octanol–water partition coefficient (Wildman–Crippen LogP) is 3.06. The van der Waals surface area contributed by atoms with Crippen LogP contribution in [-0.2, 0) is 16.1 Å². The van der Waals surface area contributed by atoms with Crippen LogP contribution in [-0.4, -0.2) is 81.0 Å². The molecule has 2 saturated heterocycles. The molecule has 2 amide bonds. The standard InChI is InChI=1S/C30H39N7O3/c1-21(2)34-14-16-35(17-15-34)22-9-10-26(31-19-22)33-28(39)25-18-30(11-12-30)20-37(25)27(38)8-5-13-36-24-7-4-3-6-23(24)32-29(36)40/h3-4,6-7,9-10,19,21,25H,5,8,11-18,20H2,1-2H3,(H,32,40)(H,31,33,39)/t25-/m0/s1. The van der Waals surface area contributed by atoms with Crippen LogP contribution in [0, 0.1) is 5.41 Å². The Labute approximate surface area is 234 Å². The number of hydrogen-bond acceptors (Lipinski definition) is 6. The molecule has 2 N–H and O–H groups in total. The van der Waals surface area contributed by atoms with Gasteiger partial charge in [0.25, 0.3) is 0 Å². The van der Waals surface area contributed by atoms with Crippen molar-refractivity contribution in [3.05, 3.63) is 53.1 Å². The van der Waals surface area contributed by atoms with Gasteiger partial charge in [0, 0.05) is 51.7 Å². The number of para-hydroxylation sites is 2. The molecule has 2 aromatic heterocycles. The molecule has 2 aliphatic heterocycles. The van der Waals surface area contributed by atoms with Crippen LogP contribution in [0.15, 0.2) is 47.4 Å². The lowest BCUT2D eigenvalue weighted by molar-refractivity contribution is -0.136. The minimum atomic E-state index is -0.489. The summed E-state index contributed by atoms with van der Waals surface area (Å²) in [5.41, 5.74) is 2.61. The first-order chi connectivity index (χ1) is 19.3. The number of imidazole rings is 1. The second-order valence-corrected chi connectivity index (χ2v) is 12.0. The molecule has 10 nitrogen and oxygen atoms in total. The Bertz CT molecular complexity index is 1430. The molecule has 1 saturated carbocycles. The Kier molecular flexibility index (Phi) is 7.12. The zero-order valence-electron chi connectivity index (χ0n) is 23.4. The molecule has 10 heteroatoms. The molecular weight excluding hydrogens is 506 g/mol. The summed E-state index contributed by atoms with van der Waals surface area (Å²) in [5.74, 6) is 0.314. The number of aryl methyl sites for hydroxylation is 1. The maximum absolute atomic E-state index is 13.4. The number of anilines is 2. The van der Waals surface area contributed by atoms with Crippen molar-refractivity contribution in [3.8, 4) is 0 Å². The molecular formula is C30H39N7O3. The summed E-state index contributed by atoms with van der Waals surface area (Å²) in [6.45, 7) is 9.52. The third-order valence-corrected chi connectivity index (χ3v) is 8.95. The Morgan fingerprint density at radius 1 is 1.10 bits per heavy atom. The molecule has 4 heterocycles. The van der Waals surface area contributed by atoms with E-state index in [4.69, 9.17) is 0 Å². The van der Waals surface area contributed by atoms with Crippen LogP contribution in [0.4, 0.5) is 11.5 Å². The molecule has 0 bridgehead atoms. The van der Waals surface area contributed by atoms with Gasteiger partial charge in [-0.05, 0) is 69.2 Å². The van der Waals surface area contributed by atoms with Gasteiger partial charge in [0.1, 0.15) is 11.9 Å². The van der Waals surface area contributed by atoms with Crippen molar-refractivity contribution in [3.63, 3.8) is 0 Å². The second-order valence-electron chi connectivity index (χ2n) is 12.0. The number of amides is 2. The molecule has 40 heavy (non-hydrogen) atoms. The van der Waals surface area contributed by atoms with Gasteiger partial charge in [-0.3, -0.25) is 19.1 Å². The molecule has 1 aliphatic carbocycles. The number of piperazine rings is 1. The topological polar surface area (TPSA) is 107 Å². The lowest BCUT2D eigenvalue weighted by Gasteiger charge is -2.38. The Balaban J connectivity index is 1.05. The number of aromatic nitrogens is 3. The lowest BCUT2D eigenvalue weighted by atomic mass is 10.0. The van der Waals surface area contributed by atoms with Crippen molar-refractivity contribution in [2.75, 3.05) is 42.9 Å². The molecule has 0 unspecified atom stereocenters. The third kappa shape index (κ3) is 5.37. The van der Waals surface area contributed by atoms with Gasteiger partial charge in [-0.1, -0.05) is 12.1 Å². The Hall–Kier alpha value is -3.66. The number of carbonyl (C=O) groups is 2. The zero-order valence-corrected chi connectivity index (χ0v) is 23.4. The fourth-order valence-corrected chi connectivity index (χ4v) is 6.31. The van der Waals surface area contributed by atoms with Crippen LogP contribution in [0.2, 0.25) is 0 Å². The van der Waals surface area contributed by atoms with Crippen molar-refractivity contribution in [2.45, 2.75) is 64.6 Å². The first-order valence-electron chi connectivity index (χ1n) is 14.5. The smallest absolute Gasteiger partial charge is 0.326 e. The number of H-pyrrole nitrogens is 1. The summed E-state index contributed by atoms with van der Waals surface area (Å²) in [7, 11) is 0. The summed E-state index contributed by atoms with van der Waals surface area (Å²) >= 11 is 0. The average Bonchev–Trinajstić information content (AvgIpc) is 3.48. The SMILES string of the molecule is CC(C)N1CCN(c2ccc(NC(=O)[C@@H]3CC4(CC4)CN3C(=O)CCCn3c(=O)[nH]c4ccccc43)nc2)CC1. The number of pyridine rings is 1. The number of likely N-dealkylation sites (tertiary alicyclic amines) is 1. The van der Waals surface area contributed by atoms with Crippen LogP contribution < -0.4 is 15.9 Å². The highest BCUT2D eigenvalue weighted by Crippen LogP contribution is 2.55. The summed E-state index contributed by atoms with van der Waals surface area (Å²) in [6, 6.07) is 11.5. The largest absolute Gasteiger partial charge is 0.368 e. The van der Waals surface area contributed by atoms with E-state index in [1.807, 2.05) is 42.6 Å². The van der Waals surface area contributed by atoms with Crippen LogP contribution >= 0.6 is 0 Å². The van der Waals surface area contributed by atoms with Gasteiger partial charge in [-0.25, -0.2) is 9.78 Å². The van der Waals surface area contributed by atoms with Crippen molar-refractivity contribution < 1.29 is 9.59 Å². The number of rotatable bonds is 8. The molecule has 1 aromatic carbocycles. The average molecular weight is 546 g/mol. The molecule has 6 rings (SSSR count). The molecule has 3 aliphatic rings. The van der Waals surface area contributed by atoms with Gasteiger partial charge < -0.3 is 20.1 Å². The normalized spacial score (nSPS) is 20.5. The lowest BCUT2D eigenvalue weighted by Crippen LogP contribution is -2.48. The van der Waals surface area contributed by atoms with E-state index < -0.39 is 6.04 Å². The van der Waals surface area contributed by atoms with Crippen molar-refractivity contribution in [1.29, 1.82) is 0 Å². The summed E-state index contributed by atoms with van der Waals surface area (Å²) in [4.78, 5) is 53.0. The number of nitrogens with one attached hydrogen (secondary N) is 2. The summed E-state index contributed by atoms with van der Waals surface area (Å²) < 4.78 is 1.68. The van der Waals surface area contributed by atoms with E-state index in [1.165, 1.54) is 0 Å². The molecule has 1 spiro atoms. The van der Waals surface area contributed by atoms with Crippen LogP contribution in [0.25, 0.3) is 11.0 Å². The number of benzene rings is 1. The zero-order chi connectivity index (χ0) is 27.9. The van der Waals surface area contributed by atoms with Crippen molar-refractivity contribution in [2.24, 2.45) is 5.41 Å². The van der Waals surface area contributed by atoms with Gasteiger partial charge in [0.15, 0.2) is 0 Å². The third-order valence-electron chi connectivity index (χ3n) is 8.95. The van der Waals surface area contributed by atoms with Gasteiger partial charge in [-0.2, -0.15) is 0 Å². The van der Waals surface area contributed by atoms with Crippen molar-refractivity contribution in [1.82, 2.24) is 24.3 Å². The minimum Gasteiger partial charge on any atom is -0.368 e. The molecule has 0 radical (unpaired) electrons. The maximum Gasteiger partial charge on any atom is 0.326 e. The van der Waals surface area contributed by atoms with E-state index >= 15 is 0 Å². The monoisotopic (exact) mass is 545 g/mol. The number of carbonyl (C=O) groups excluding carboxylic acids is 2. The van der Waals surface area contributed by atoms with Crippen molar-refractivity contribution >= 4 is 34.4 Å². The first-order valence-corrected chi connectivity index (χ1v) is 14.5. The minimum absolute atomic E-state index is 0.0272. The van der Waals surface area contributed by atoms with E-state index in [9.17, 15) is 14.4 Å². The number of nitrogens with zero attached hydrogens (tertiary/aromatic N) is 5. The molecule has 1 atom stereocenters. The first kappa shape index (κ1) is 26.6. The quantitative estimate of drug-likeness (QED) is 0.451. The van der Waals surface area contributed by atoms with Gasteiger partial charge in [0.05, 0.1) is 22.9 Å². The van der Waals surface area contributed by atoms with Gasteiger partial charge >= 0.3 is 5.69 Å². The van der Waals surface area contributed by atoms with Gasteiger partial charge in [-0.15, -0.1) is 0 Å². The summed E-state index contributed by atoms with van der Waals surface area (Å²) in [6.07, 6.45) is 5.47. The van der Waals surface area contributed by atoms with E-state index in [1.54, 1.807) is 9.47 Å². The highest BCUT2D eigenvalue weighted by Gasteiger charge is 2.55. The summed E-state index contributed by atoms with van der Waals surface area (Å²) in [5, 5.41) is 2.97.